The molecule has 0 radical (unpaired) electrons. The quantitative estimate of drug-likeness (QED) is 0.874. The van der Waals surface area contributed by atoms with E-state index in [0.717, 1.165) is 8.66 Å². The highest BCUT2D eigenvalue weighted by atomic mass is 79.9. The number of hydrogen-bond acceptors (Lipinski definition) is 2. The average Bonchev–Trinajstić information content (AvgIpc) is 2.64. The highest BCUT2D eigenvalue weighted by molar-refractivity contribution is 9.11. The third-order valence-electron chi connectivity index (χ3n) is 2.20. The van der Waals surface area contributed by atoms with Crippen LogP contribution in [-0.2, 0) is 0 Å². The fourth-order valence-corrected chi connectivity index (χ4v) is 3.01. The Bertz CT molecular complexity index is 514. The summed E-state index contributed by atoms with van der Waals surface area (Å²) in [6.45, 7) is 0. The topological polar surface area (TPSA) is 26.0 Å². The summed E-state index contributed by atoms with van der Waals surface area (Å²) in [6, 6.07) is 7.87. The van der Waals surface area contributed by atoms with Crippen LogP contribution in [0.1, 0.15) is 16.5 Å². The fraction of sp³-hybridized carbons (Fsp3) is 0.0909. The van der Waals surface area contributed by atoms with Crippen LogP contribution in [0.5, 0.6) is 0 Å². The number of benzene rings is 1. The molecule has 16 heavy (non-hydrogen) atoms. The van der Waals surface area contributed by atoms with Crippen molar-refractivity contribution >= 4 is 38.9 Å². The van der Waals surface area contributed by atoms with Crippen LogP contribution in [0.2, 0.25) is 5.02 Å². The molecule has 1 aromatic heterocycles. The van der Waals surface area contributed by atoms with Gasteiger partial charge in [0.05, 0.1) is 9.83 Å². The van der Waals surface area contributed by atoms with E-state index < -0.39 is 6.04 Å². The molecule has 5 heteroatoms. The molecule has 0 fully saturated rings. The SMILES string of the molecule is NC(c1ccc(Br)s1)c1ccc(Cl)cc1F. The minimum atomic E-state index is -0.450. The maximum absolute atomic E-state index is 13.6. The Morgan fingerprint density at radius 3 is 2.62 bits per heavy atom. The van der Waals surface area contributed by atoms with Crippen molar-refractivity contribution in [2.45, 2.75) is 6.04 Å². The van der Waals surface area contributed by atoms with Gasteiger partial charge in [0.1, 0.15) is 5.82 Å². The zero-order valence-corrected chi connectivity index (χ0v) is 11.2. The summed E-state index contributed by atoms with van der Waals surface area (Å²) in [5, 5.41) is 0.376. The van der Waals surface area contributed by atoms with Gasteiger partial charge in [-0.1, -0.05) is 17.7 Å². The van der Waals surface area contributed by atoms with Crippen molar-refractivity contribution in [3.05, 3.63) is 55.4 Å². The summed E-state index contributed by atoms with van der Waals surface area (Å²) in [5.41, 5.74) is 6.44. The van der Waals surface area contributed by atoms with Gasteiger partial charge < -0.3 is 5.73 Å². The number of halogens is 3. The molecule has 0 aliphatic rings. The first kappa shape index (κ1) is 12.0. The third-order valence-corrected chi connectivity index (χ3v) is 4.14. The zero-order chi connectivity index (χ0) is 11.7. The van der Waals surface area contributed by atoms with Gasteiger partial charge in [-0.2, -0.15) is 0 Å². The fourth-order valence-electron chi connectivity index (χ4n) is 1.40. The standard InChI is InChI=1S/C11H8BrClFNS/c12-10-4-3-9(16-10)11(15)7-2-1-6(13)5-8(7)14/h1-5,11H,15H2. The number of hydrogen-bond donors (Lipinski definition) is 1. The molecule has 84 valence electrons. The van der Waals surface area contributed by atoms with Crippen LogP contribution in [0.15, 0.2) is 34.1 Å². The van der Waals surface area contributed by atoms with Crippen LogP contribution >= 0.6 is 38.9 Å². The molecule has 0 bridgehead atoms. The van der Waals surface area contributed by atoms with Gasteiger partial charge in [0.2, 0.25) is 0 Å². The van der Waals surface area contributed by atoms with E-state index in [2.05, 4.69) is 15.9 Å². The molecular weight excluding hydrogens is 313 g/mol. The van der Waals surface area contributed by atoms with E-state index in [1.54, 1.807) is 12.1 Å². The summed E-state index contributed by atoms with van der Waals surface area (Å²) in [5.74, 6) is -0.371. The van der Waals surface area contributed by atoms with E-state index in [-0.39, 0.29) is 5.82 Å². The summed E-state index contributed by atoms with van der Waals surface area (Å²) in [7, 11) is 0. The normalized spacial score (nSPS) is 12.8. The Labute approximate surface area is 110 Å². The molecule has 0 saturated carbocycles. The zero-order valence-electron chi connectivity index (χ0n) is 8.08. The molecule has 2 N–H and O–H groups in total. The molecule has 0 spiro atoms. The monoisotopic (exact) mass is 319 g/mol. The highest BCUT2D eigenvalue weighted by Crippen LogP contribution is 2.31. The van der Waals surface area contributed by atoms with Crippen LogP contribution < -0.4 is 5.73 Å². The van der Waals surface area contributed by atoms with Gasteiger partial charge in [0.15, 0.2) is 0 Å². The molecule has 1 unspecified atom stereocenters. The van der Waals surface area contributed by atoms with Gasteiger partial charge in [-0.25, -0.2) is 4.39 Å². The van der Waals surface area contributed by atoms with Crippen molar-refractivity contribution in [1.29, 1.82) is 0 Å². The molecular formula is C11H8BrClFNS. The first-order valence-corrected chi connectivity index (χ1v) is 6.52. The van der Waals surface area contributed by atoms with Gasteiger partial charge in [-0.3, -0.25) is 0 Å². The van der Waals surface area contributed by atoms with Crippen molar-refractivity contribution < 1.29 is 4.39 Å². The van der Waals surface area contributed by atoms with E-state index in [9.17, 15) is 4.39 Å². The Hall–Kier alpha value is -0.420. The van der Waals surface area contributed by atoms with Crippen LogP contribution in [0.4, 0.5) is 4.39 Å². The van der Waals surface area contributed by atoms with Crippen molar-refractivity contribution in [3.63, 3.8) is 0 Å². The van der Waals surface area contributed by atoms with E-state index in [1.165, 1.54) is 17.4 Å². The Morgan fingerprint density at radius 2 is 2.06 bits per heavy atom. The van der Waals surface area contributed by atoms with Crippen LogP contribution in [0.3, 0.4) is 0 Å². The van der Waals surface area contributed by atoms with E-state index in [0.29, 0.717) is 10.6 Å². The molecule has 0 aliphatic heterocycles. The lowest BCUT2D eigenvalue weighted by molar-refractivity contribution is 0.601. The van der Waals surface area contributed by atoms with Crippen LogP contribution in [0.25, 0.3) is 0 Å². The predicted molar refractivity (Wildman–Crippen MR) is 69.5 cm³/mol. The summed E-state index contributed by atoms with van der Waals surface area (Å²) in [4.78, 5) is 0.910. The summed E-state index contributed by atoms with van der Waals surface area (Å²) >= 11 is 10.5. The second kappa shape index (κ2) is 4.84. The van der Waals surface area contributed by atoms with Crippen molar-refractivity contribution in [2.75, 3.05) is 0 Å². The second-order valence-electron chi connectivity index (χ2n) is 3.29. The molecule has 1 atom stereocenters. The number of thiophene rings is 1. The molecule has 1 aromatic carbocycles. The maximum Gasteiger partial charge on any atom is 0.129 e. The lowest BCUT2D eigenvalue weighted by atomic mass is 10.1. The molecule has 1 heterocycles. The summed E-state index contributed by atoms with van der Waals surface area (Å²) < 4.78 is 14.6. The smallest absolute Gasteiger partial charge is 0.129 e. The van der Waals surface area contributed by atoms with E-state index in [4.69, 9.17) is 17.3 Å². The Balaban J connectivity index is 2.37. The van der Waals surface area contributed by atoms with Crippen molar-refractivity contribution in [2.24, 2.45) is 5.73 Å². The van der Waals surface area contributed by atoms with Gasteiger partial charge >= 0.3 is 0 Å². The van der Waals surface area contributed by atoms with Crippen molar-refractivity contribution in [3.8, 4) is 0 Å². The number of rotatable bonds is 2. The lowest BCUT2D eigenvalue weighted by Crippen LogP contribution is -2.11. The largest absolute Gasteiger partial charge is 0.320 e. The molecule has 2 rings (SSSR count). The molecule has 1 nitrogen and oxygen atoms in total. The second-order valence-corrected chi connectivity index (χ2v) is 6.22. The van der Waals surface area contributed by atoms with E-state index >= 15 is 0 Å². The Kier molecular flexibility index (Phi) is 3.64. The van der Waals surface area contributed by atoms with Crippen LogP contribution in [0, 0.1) is 5.82 Å². The van der Waals surface area contributed by atoms with Gasteiger partial charge in [0.25, 0.3) is 0 Å². The van der Waals surface area contributed by atoms with Crippen LogP contribution in [-0.4, -0.2) is 0 Å². The average molecular weight is 321 g/mol. The minimum absolute atomic E-state index is 0.371. The highest BCUT2D eigenvalue weighted by Gasteiger charge is 2.15. The first-order chi connectivity index (χ1) is 7.58. The Morgan fingerprint density at radius 1 is 1.31 bits per heavy atom. The first-order valence-electron chi connectivity index (χ1n) is 4.53. The molecule has 0 aliphatic carbocycles. The number of nitrogens with two attached hydrogens (primary N) is 1. The van der Waals surface area contributed by atoms with Gasteiger partial charge in [-0.05, 0) is 40.2 Å². The summed E-state index contributed by atoms with van der Waals surface area (Å²) in [6.07, 6.45) is 0. The molecule has 2 aromatic rings. The molecule has 0 saturated heterocycles. The molecule has 0 amide bonds. The third kappa shape index (κ3) is 2.46. The van der Waals surface area contributed by atoms with Gasteiger partial charge in [0, 0.05) is 15.5 Å². The predicted octanol–water partition coefficient (Wildman–Crippen LogP) is 4.35. The van der Waals surface area contributed by atoms with E-state index in [1.807, 2.05) is 12.1 Å². The maximum atomic E-state index is 13.6. The minimum Gasteiger partial charge on any atom is -0.320 e. The lowest BCUT2D eigenvalue weighted by Gasteiger charge is -2.11. The van der Waals surface area contributed by atoms with Crippen molar-refractivity contribution in [1.82, 2.24) is 0 Å². The van der Waals surface area contributed by atoms with Gasteiger partial charge in [-0.15, -0.1) is 11.3 Å².